The molecule has 0 amide bonds. The summed E-state index contributed by atoms with van der Waals surface area (Å²) in [6, 6.07) is -0.691. The fourth-order valence-electron chi connectivity index (χ4n) is 4.94. The summed E-state index contributed by atoms with van der Waals surface area (Å²) in [5, 5.41) is 8.80. The summed E-state index contributed by atoms with van der Waals surface area (Å²) in [6.07, 6.45) is 8.60. The molecule has 0 radical (unpaired) electrons. The van der Waals surface area contributed by atoms with E-state index in [1.54, 1.807) is 11.8 Å². The monoisotopic (exact) mass is 269 g/mol. The zero-order chi connectivity index (χ0) is 12.8. The maximum atomic E-state index is 10.7. The van der Waals surface area contributed by atoms with Gasteiger partial charge in [0.15, 0.2) is 0 Å². The molecule has 0 aromatic carbocycles. The molecule has 4 rings (SSSR count). The van der Waals surface area contributed by atoms with Gasteiger partial charge in [0, 0.05) is 5.75 Å². The highest BCUT2D eigenvalue weighted by Crippen LogP contribution is 2.60. The topological polar surface area (TPSA) is 63.3 Å². The third-order valence-electron chi connectivity index (χ3n) is 5.19. The van der Waals surface area contributed by atoms with E-state index in [0.29, 0.717) is 11.2 Å². The molecule has 0 unspecified atom stereocenters. The molecule has 102 valence electrons. The second kappa shape index (κ2) is 4.71. The molecule has 0 aliphatic heterocycles. The van der Waals surface area contributed by atoms with Crippen molar-refractivity contribution in [3.05, 3.63) is 0 Å². The number of carbonyl (C=O) groups is 1. The number of hydrogen-bond donors (Lipinski definition) is 2. The van der Waals surface area contributed by atoms with Gasteiger partial charge in [-0.25, -0.2) is 0 Å². The standard InChI is InChI=1S/C14H23NO2S/c15-12(13(16)17)7-18-8-14-4-9-1-10(5-14)3-11(2-9)6-14/h9-12H,1-8,15H2,(H,16,17)/t9?,10?,11?,12-,14?/m1/s1. The van der Waals surface area contributed by atoms with E-state index in [9.17, 15) is 4.79 Å². The minimum Gasteiger partial charge on any atom is -0.480 e. The minimum absolute atomic E-state index is 0.539. The van der Waals surface area contributed by atoms with E-state index in [1.807, 2.05) is 0 Å². The fraction of sp³-hybridized carbons (Fsp3) is 0.929. The van der Waals surface area contributed by atoms with Gasteiger partial charge in [-0.05, 0) is 67.4 Å². The van der Waals surface area contributed by atoms with Crippen molar-refractivity contribution in [1.82, 2.24) is 0 Å². The number of nitrogens with two attached hydrogens (primary N) is 1. The van der Waals surface area contributed by atoms with Gasteiger partial charge in [-0.15, -0.1) is 0 Å². The van der Waals surface area contributed by atoms with Gasteiger partial charge >= 0.3 is 5.97 Å². The van der Waals surface area contributed by atoms with Crippen LogP contribution in [0.15, 0.2) is 0 Å². The first-order chi connectivity index (χ1) is 8.56. The normalized spacial score (nSPS) is 43.1. The van der Waals surface area contributed by atoms with Crippen LogP contribution in [0.4, 0.5) is 0 Å². The van der Waals surface area contributed by atoms with Crippen molar-refractivity contribution >= 4 is 17.7 Å². The second-order valence-electron chi connectivity index (χ2n) is 6.88. The Kier molecular flexibility index (Phi) is 3.35. The molecule has 0 saturated heterocycles. The zero-order valence-electron chi connectivity index (χ0n) is 10.8. The van der Waals surface area contributed by atoms with Crippen LogP contribution in [0.1, 0.15) is 38.5 Å². The molecule has 4 bridgehead atoms. The van der Waals surface area contributed by atoms with Crippen molar-refractivity contribution in [1.29, 1.82) is 0 Å². The molecule has 4 saturated carbocycles. The number of aliphatic carboxylic acids is 1. The van der Waals surface area contributed by atoms with E-state index in [-0.39, 0.29) is 0 Å². The summed E-state index contributed by atoms with van der Waals surface area (Å²) in [4.78, 5) is 10.7. The lowest BCUT2D eigenvalue weighted by Gasteiger charge is -2.57. The molecule has 4 aliphatic rings. The highest BCUT2D eigenvalue weighted by Gasteiger charge is 2.50. The first-order valence-electron chi connectivity index (χ1n) is 7.12. The smallest absolute Gasteiger partial charge is 0.321 e. The van der Waals surface area contributed by atoms with Gasteiger partial charge in [-0.3, -0.25) is 4.79 Å². The van der Waals surface area contributed by atoms with E-state index in [4.69, 9.17) is 10.8 Å². The Morgan fingerprint density at radius 1 is 1.22 bits per heavy atom. The molecule has 3 N–H and O–H groups in total. The Bertz CT molecular complexity index is 309. The minimum atomic E-state index is -0.868. The lowest BCUT2D eigenvalue weighted by molar-refractivity contribution is -0.137. The lowest BCUT2D eigenvalue weighted by Crippen LogP contribution is -2.47. The van der Waals surface area contributed by atoms with Crippen molar-refractivity contribution in [2.75, 3.05) is 11.5 Å². The highest BCUT2D eigenvalue weighted by atomic mass is 32.2. The Labute approximate surface area is 113 Å². The van der Waals surface area contributed by atoms with Crippen molar-refractivity contribution in [3.8, 4) is 0 Å². The van der Waals surface area contributed by atoms with E-state index in [2.05, 4.69) is 0 Å². The molecule has 0 aromatic rings. The van der Waals surface area contributed by atoms with E-state index in [0.717, 1.165) is 23.5 Å². The van der Waals surface area contributed by atoms with Crippen LogP contribution in [0.3, 0.4) is 0 Å². The molecular weight excluding hydrogens is 246 g/mol. The molecule has 0 heterocycles. The van der Waals surface area contributed by atoms with Crippen LogP contribution in [-0.4, -0.2) is 28.6 Å². The van der Waals surface area contributed by atoms with Gasteiger partial charge in [-0.1, -0.05) is 0 Å². The first-order valence-corrected chi connectivity index (χ1v) is 8.28. The Hall–Kier alpha value is -0.220. The van der Waals surface area contributed by atoms with Gasteiger partial charge in [0.25, 0.3) is 0 Å². The van der Waals surface area contributed by atoms with Gasteiger partial charge in [0.1, 0.15) is 6.04 Å². The van der Waals surface area contributed by atoms with Crippen LogP contribution in [0, 0.1) is 23.2 Å². The molecule has 18 heavy (non-hydrogen) atoms. The molecule has 4 fully saturated rings. The predicted octanol–water partition coefficient (Wildman–Crippen LogP) is 2.35. The van der Waals surface area contributed by atoms with Gasteiger partial charge in [0.2, 0.25) is 0 Å². The molecular formula is C14H23NO2S. The summed E-state index contributed by atoms with van der Waals surface area (Å²) >= 11 is 1.77. The number of rotatable bonds is 5. The number of carboxylic acids is 1. The molecule has 0 aromatic heterocycles. The maximum Gasteiger partial charge on any atom is 0.321 e. The summed E-state index contributed by atoms with van der Waals surface area (Å²) in [7, 11) is 0. The summed E-state index contributed by atoms with van der Waals surface area (Å²) in [6.45, 7) is 0. The maximum absolute atomic E-state index is 10.7. The second-order valence-corrected chi connectivity index (χ2v) is 7.91. The average molecular weight is 269 g/mol. The van der Waals surface area contributed by atoms with Crippen molar-refractivity contribution < 1.29 is 9.90 Å². The van der Waals surface area contributed by atoms with E-state index >= 15 is 0 Å². The largest absolute Gasteiger partial charge is 0.480 e. The SMILES string of the molecule is N[C@H](CSCC12CC3CC(CC(C3)C1)C2)C(=O)O. The Morgan fingerprint density at radius 3 is 2.17 bits per heavy atom. The lowest BCUT2D eigenvalue weighted by atomic mass is 9.50. The zero-order valence-corrected chi connectivity index (χ0v) is 11.6. The van der Waals surface area contributed by atoms with Gasteiger partial charge in [0.05, 0.1) is 0 Å². The molecule has 0 spiro atoms. The van der Waals surface area contributed by atoms with Crippen molar-refractivity contribution in [3.63, 3.8) is 0 Å². The molecule has 1 atom stereocenters. The van der Waals surface area contributed by atoms with Crippen LogP contribution in [-0.2, 0) is 4.79 Å². The average Bonchev–Trinajstić information content (AvgIpc) is 2.26. The third kappa shape index (κ3) is 2.42. The third-order valence-corrected chi connectivity index (χ3v) is 6.60. The van der Waals surface area contributed by atoms with Crippen LogP contribution >= 0.6 is 11.8 Å². The predicted molar refractivity (Wildman–Crippen MR) is 73.5 cm³/mol. The van der Waals surface area contributed by atoms with E-state index in [1.165, 1.54) is 38.5 Å². The first kappa shape index (κ1) is 12.8. The van der Waals surface area contributed by atoms with Crippen LogP contribution < -0.4 is 5.73 Å². The van der Waals surface area contributed by atoms with Gasteiger partial charge < -0.3 is 10.8 Å². The van der Waals surface area contributed by atoms with Crippen LogP contribution in [0.2, 0.25) is 0 Å². The van der Waals surface area contributed by atoms with Gasteiger partial charge in [-0.2, -0.15) is 11.8 Å². The quantitative estimate of drug-likeness (QED) is 0.804. The molecule has 4 heteroatoms. The molecule has 4 aliphatic carbocycles. The summed E-state index contributed by atoms with van der Waals surface area (Å²) in [5.74, 6) is 3.77. The fourth-order valence-corrected chi connectivity index (χ4v) is 6.24. The Morgan fingerprint density at radius 2 is 1.72 bits per heavy atom. The molecule has 3 nitrogen and oxygen atoms in total. The van der Waals surface area contributed by atoms with Crippen molar-refractivity contribution in [2.24, 2.45) is 28.9 Å². The van der Waals surface area contributed by atoms with Crippen LogP contribution in [0.5, 0.6) is 0 Å². The summed E-state index contributed by atoms with van der Waals surface area (Å²) in [5.41, 5.74) is 6.11. The van der Waals surface area contributed by atoms with E-state index < -0.39 is 12.0 Å². The number of hydrogen-bond acceptors (Lipinski definition) is 3. The summed E-state index contributed by atoms with van der Waals surface area (Å²) < 4.78 is 0. The number of carboxylic acid groups (broad SMARTS) is 1. The van der Waals surface area contributed by atoms with Crippen molar-refractivity contribution in [2.45, 2.75) is 44.6 Å². The highest BCUT2D eigenvalue weighted by molar-refractivity contribution is 7.99. The van der Waals surface area contributed by atoms with Crippen LogP contribution in [0.25, 0.3) is 0 Å². The number of thioether (sulfide) groups is 1. The Balaban J connectivity index is 1.54.